The van der Waals surface area contributed by atoms with Crippen molar-refractivity contribution in [3.05, 3.63) is 63.5 Å². The number of rotatable bonds is 12. The first-order chi connectivity index (χ1) is 24.9. The van der Waals surface area contributed by atoms with Crippen LogP contribution in [-0.2, 0) is 16.0 Å². The van der Waals surface area contributed by atoms with Crippen LogP contribution < -0.4 is 25.3 Å². The Morgan fingerprint density at radius 3 is 2.37 bits per heavy atom. The molecular weight excluding hydrogens is 656 g/mol. The number of anilines is 1. The summed E-state index contributed by atoms with van der Waals surface area (Å²) in [7, 11) is 3.82. The lowest BCUT2D eigenvalue weighted by molar-refractivity contribution is -0.120. The molecule has 1 heterocycles. The van der Waals surface area contributed by atoms with Gasteiger partial charge in [0, 0.05) is 48.8 Å². The second kappa shape index (κ2) is 14.5. The molecule has 0 radical (unpaired) electrons. The number of carbonyl (C=O) groups is 2. The molecule has 0 spiro atoms. The number of ether oxygens (including phenoxy) is 3. The topological polar surface area (TPSA) is 107 Å². The van der Waals surface area contributed by atoms with Gasteiger partial charge in [-0.1, -0.05) is 39.0 Å². The van der Waals surface area contributed by atoms with Crippen molar-refractivity contribution in [2.45, 2.75) is 91.1 Å². The molecule has 0 bridgehead atoms. The number of nitrogens with one attached hydrogen (secondary N) is 1. The average Bonchev–Trinajstić information content (AvgIpc) is 4.04. The van der Waals surface area contributed by atoms with Gasteiger partial charge in [0.25, 0.3) is 0 Å². The molecule has 4 aliphatic rings. The maximum atomic E-state index is 14.1. The number of hydrogen-bond acceptors (Lipinski definition) is 8. The van der Waals surface area contributed by atoms with Crippen molar-refractivity contribution < 1.29 is 28.2 Å². The maximum absolute atomic E-state index is 14.1. The van der Waals surface area contributed by atoms with Crippen LogP contribution in [0.15, 0.2) is 45.6 Å². The van der Waals surface area contributed by atoms with Crippen molar-refractivity contribution in [2.24, 2.45) is 28.6 Å². The zero-order chi connectivity index (χ0) is 36.6. The third-order valence-corrected chi connectivity index (χ3v) is 11.9. The minimum atomic E-state index is -0.506. The number of amides is 1. The van der Waals surface area contributed by atoms with Gasteiger partial charge in [-0.15, -0.1) is 0 Å². The van der Waals surface area contributed by atoms with Crippen LogP contribution in [0.25, 0.3) is 11.0 Å². The van der Waals surface area contributed by atoms with Gasteiger partial charge in [-0.2, -0.15) is 0 Å². The fourth-order valence-electron chi connectivity index (χ4n) is 8.51. The maximum Gasteiger partial charge on any atom is 0.342 e. The molecule has 276 valence electrons. The molecule has 1 amide bonds. The van der Waals surface area contributed by atoms with E-state index in [1.54, 1.807) is 18.2 Å². The molecule has 3 atom stereocenters. The zero-order valence-electron chi connectivity index (χ0n) is 31.3. The standard InChI is InChI=1S/C43H52N2O7/c1-42(2)17-7-18-43(3)37(42)15-16-38(43)52-41(48)33-20-29(34(49-25-27-9-10-27)24-35(33)50-26-28-11-12-28)8-6-19-44-39(46)21-30-22-40(47)51-36-23-31(45(4)5)13-14-32(30)36/h13-14,20,22-24,27-28,37-38H,7,9-12,15-19,21,25-26H2,1-5H3,(H,44,46)/t37-,38-,43-/m0/s1. The minimum absolute atomic E-state index is 0.00197. The summed E-state index contributed by atoms with van der Waals surface area (Å²) in [4.78, 5) is 41.3. The summed E-state index contributed by atoms with van der Waals surface area (Å²) < 4.78 is 24.4. The monoisotopic (exact) mass is 708 g/mol. The number of carbonyl (C=O) groups excluding carboxylic acids is 2. The van der Waals surface area contributed by atoms with Gasteiger partial charge >= 0.3 is 11.6 Å². The summed E-state index contributed by atoms with van der Waals surface area (Å²) in [5, 5.41) is 3.57. The molecule has 52 heavy (non-hydrogen) atoms. The van der Waals surface area contributed by atoms with E-state index < -0.39 is 5.63 Å². The van der Waals surface area contributed by atoms with E-state index >= 15 is 0 Å². The van der Waals surface area contributed by atoms with Gasteiger partial charge in [0.2, 0.25) is 5.91 Å². The van der Waals surface area contributed by atoms with Crippen LogP contribution >= 0.6 is 0 Å². The first-order valence-corrected chi connectivity index (χ1v) is 19.0. The van der Waals surface area contributed by atoms with Crippen LogP contribution in [0.4, 0.5) is 5.69 Å². The van der Waals surface area contributed by atoms with Crippen molar-refractivity contribution in [1.82, 2.24) is 5.32 Å². The molecular formula is C43H52N2O7. The summed E-state index contributed by atoms with van der Waals surface area (Å²) in [6.07, 6.45) is 9.71. The summed E-state index contributed by atoms with van der Waals surface area (Å²) in [5.41, 5.74) is 2.50. The lowest BCUT2D eigenvalue weighted by atomic mass is 9.57. The normalized spacial score (nSPS) is 23.2. The Balaban J connectivity index is 1.10. The number of nitrogens with zero attached hydrogens (tertiary/aromatic N) is 1. The van der Waals surface area contributed by atoms with Crippen LogP contribution in [-0.4, -0.2) is 51.8 Å². The van der Waals surface area contributed by atoms with E-state index in [2.05, 4.69) is 37.9 Å². The highest BCUT2D eigenvalue weighted by Gasteiger charge is 2.55. The highest BCUT2D eigenvalue weighted by Crippen LogP contribution is 2.60. The van der Waals surface area contributed by atoms with Crippen LogP contribution in [0.3, 0.4) is 0 Å². The molecule has 7 rings (SSSR count). The molecule has 3 aromatic rings. The van der Waals surface area contributed by atoms with Crippen LogP contribution in [0, 0.1) is 40.4 Å². The molecule has 0 unspecified atom stereocenters. The molecule has 1 aromatic heterocycles. The van der Waals surface area contributed by atoms with Crippen LogP contribution in [0.1, 0.15) is 100 Å². The summed E-state index contributed by atoms with van der Waals surface area (Å²) in [5.74, 6) is 8.14. The Morgan fingerprint density at radius 1 is 0.923 bits per heavy atom. The van der Waals surface area contributed by atoms with Crippen molar-refractivity contribution >= 4 is 28.5 Å². The quantitative estimate of drug-likeness (QED) is 0.119. The molecule has 9 nitrogen and oxygen atoms in total. The third-order valence-electron chi connectivity index (χ3n) is 11.9. The third kappa shape index (κ3) is 7.96. The van der Waals surface area contributed by atoms with E-state index in [-0.39, 0.29) is 41.8 Å². The Hall–Kier alpha value is -4.45. The molecule has 4 fully saturated rings. The summed E-state index contributed by atoms with van der Waals surface area (Å²) >= 11 is 0. The van der Waals surface area contributed by atoms with E-state index in [0.717, 1.165) is 57.1 Å². The highest BCUT2D eigenvalue weighted by molar-refractivity contribution is 5.94. The molecule has 1 N–H and O–H groups in total. The molecule has 9 heteroatoms. The minimum Gasteiger partial charge on any atom is -0.492 e. The Morgan fingerprint density at radius 2 is 1.65 bits per heavy atom. The Bertz CT molecular complexity index is 1960. The van der Waals surface area contributed by atoms with Crippen molar-refractivity contribution in [3.8, 4) is 23.3 Å². The molecule has 4 aliphatic carbocycles. The van der Waals surface area contributed by atoms with Crippen LogP contribution in [0.2, 0.25) is 0 Å². The van der Waals surface area contributed by atoms with Crippen molar-refractivity contribution in [3.63, 3.8) is 0 Å². The van der Waals surface area contributed by atoms with Gasteiger partial charge in [-0.05, 0) is 98.3 Å². The van der Waals surface area contributed by atoms with Crippen molar-refractivity contribution in [1.29, 1.82) is 0 Å². The predicted octanol–water partition coefficient (Wildman–Crippen LogP) is 7.30. The summed E-state index contributed by atoms with van der Waals surface area (Å²) in [6, 6.07) is 10.5. The highest BCUT2D eigenvalue weighted by atomic mass is 16.5. The number of fused-ring (bicyclic) bond motifs is 2. The smallest absolute Gasteiger partial charge is 0.342 e. The van der Waals surface area contributed by atoms with E-state index in [4.69, 9.17) is 18.6 Å². The van der Waals surface area contributed by atoms with E-state index in [9.17, 15) is 14.4 Å². The molecule has 0 saturated heterocycles. The van der Waals surface area contributed by atoms with Gasteiger partial charge in [0.15, 0.2) is 0 Å². The van der Waals surface area contributed by atoms with Gasteiger partial charge in [0.1, 0.15) is 28.7 Å². The van der Waals surface area contributed by atoms with Crippen molar-refractivity contribution in [2.75, 3.05) is 38.8 Å². The van der Waals surface area contributed by atoms with Gasteiger partial charge in [0.05, 0.1) is 31.7 Å². The second-order valence-electron chi connectivity index (χ2n) is 16.6. The lowest BCUT2D eigenvalue weighted by Gasteiger charge is -2.49. The molecule has 0 aliphatic heterocycles. The zero-order valence-corrected chi connectivity index (χ0v) is 31.3. The van der Waals surface area contributed by atoms with E-state index in [0.29, 0.717) is 70.1 Å². The SMILES string of the molecule is CN(C)c1ccc2c(CC(=O)NCC#Cc3cc(C(=O)O[C@H]4CC[C@H]5C(C)(C)CCC[C@]45C)c(OCC4CC4)cc3OCC3CC3)cc(=O)oc2c1. The first kappa shape index (κ1) is 35.9. The van der Waals surface area contributed by atoms with Crippen LogP contribution in [0.5, 0.6) is 11.5 Å². The first-order valence-electron chi connectivity index (χ1n) is 19.0. The van der Waals surface area contributed by atoms with E-state index in [1.807, 2.05) is 31.1 Å². The van der Waals surface area contributed by atoms with E-state index in [1.165, 1.54) is 12.5 Å². The predicted molar refractivity (Wildman–Crippen MR) is 201 cm³/mol. The Kier molecular flexibility index (Phi) is 10.0. The largest absolute Gasteiger partial charge is 0.492 e. The number of benzene rings is 2. The average molecular weight is 709 g/mol. The lowest BCUT2D eigenvalue weighted by Crippen LogP contribution is -2.44. The fourth-order valence-corrected chi connectivity index (χ4v) is 8.51. The summed E-state index contributed by atoms with van der Waals surface area (Å²) in [6.45, 7) is 8.22. The number of hydrogen-bond donors (Lipinski definition) is 1. The Labute approximate surface area is 306 Å². The van der Waals surface area contributed by atoms with Gasteiger partial charge in [-0.25, -0.2) is 9.59 Å². The fraction of sp³-hybridized carbons (Fsp3) is 0.558. The molecule has 2 aromatic carbocycles. The second-order valence-corrected chi connectivity index (χ2v) is 16.6. The number of esters is 1. The van der Waals surface area contributed by atoms with Gasteiger partial charge < -0.3 is 28.8 Å². The molecule has 4 saturated carbocycles. The van der Waals surface area contributed by atoms with Gasteiger partial charge in [-0.3, -0.25) is 4.79 Å².